The summed E-state index contributed by atoms with van der Waals surface area (Å²) >= 11 is 3.89. The van der Waals surface area contributed by atoms with E-state index in [0.717, 1.165) is 0 Å². The monoisotopic (exact) mass is 781 g/mol. The number of fused-ring (bicyclic) bond motifs is 14. The topological polar surface area (TPSA) is 11.4 Å². The van der Waals surface area contributed by atoms with Gasteiger partial charge in [-0.15, -0.1) is 22.7 Å². The first-order valence-electron chi connectivity index (χ1n) is 20.5. The highest BCUT2D eigenvalue weighted by Crippen LogP contribution is 2.54. The van der Waals surface area contributed by atoms with Crippen molar-refractivity contribution in [3.8, 4) is 5.69 Å². The Morgan fingerprint density at radius 1 is 0.466 bits per heavy atom. The van der Waals surface area contributed by atoms with Crippen LogP contribution >= 0.6 is 22.7 Å². The first-order chi connectivity index (χ1) is 28.0. The smallest absolute Gasteiger partial charge is 0.264 e. The van der Waals surface area contributed by atoms with Crippen molar-refractivity contribution in [2.75, 3.05) is 9.80 Å². The molecule has 0 aliphatic carbocycles. The quantitative estimate of drug-likeness (QED) is 0.154. The van der Waals surface area contributed by atoms with Crippen molar-refractivity contribution in [3.63, 3.8) is 0 Å². The fourth-order valence-corrected chi connectivity index (χ4v) is 12.8. The van der Waals surface area contributed by atoms with Crippen LogP contribution in [0, 0.1) is 0 Å². The summed E-state index contributed by atoms with van der Waals surface area (Å²) < 4.78 is 7.96. The molecule has 0 bridgehead atoms. The SMILES string of the molecule is CC(C)(C)c1cc2c3c(c1)N1c4c(cccc4-n4c5ccccc5c5cccc1c54)B3c1sc3ccc(C(C)(C)C)cc3c1N2c1ccc2c(c1)sc1ccccc12. The van der Waals surface area contributed by atoms with E-state index in [1.165, 1.54) is 119 Å². The van der Waals surface area contributed by atoms with Crippen LogP contribution in [0.5, 0.6) is 0 Å². The molecule has 0 atom stereocenters. The van der Waals surface area contributed by atoms with E-state index in [1.54, 1.807) is 0 Å². The molecule has 0 spiro atoms. The van der Waals surface area contributed by atoms with Crippen LogP contribution in [0.3, 0.4) is 0 Å². The zero-order valence-corrected chi connectivity index (χ0v) is 35.1. The second-order valence-electron chi connectivity index (χ2n) is 18.6. The van der Waals surface area contributed by atoms with E-state index in [4.69, 9.17) is 0 Å². The predicted octanol–water partition coefficient (Wildman–Crippen LogP) is 13.4. The number of anilines is 6. The van der Waals surface area contributed by atoms with E-state index in [9.17, 15) is 0 Å². The lowest BCUT2D eigenvalue weighted by atomic mass is 9.36. The third-order valence-electron chi connectivity index (χ3n) is 13.2. The van der Waals surface area contributed by atoms with Gasteiger partial charge in [-0.1, -0.05) is 114 Å². The van der Waals surface area contributed by atoms with Crippen LogP contribution in [0.2, 0.25) is 0 Å². The molecule has 0 N–H and O–H groups in total. The minimum Gasteiger partial charge on any atom is -0.310 e. The molecule has 3 nitrogen and oxygen atoms in total. The summed E-state index contributed by atoms with van der Waals surface area (Å²) in [6.07, 6.45) is 0. The molecule has 10 aromatic rings. The first-order valence-corrected chi connectivity index (χ1v) is 22.1. The molecule has 0 saturated carbocycles. The number of hydrogen-bond donors (Lipinski definition) is 0. The van der Waals surface area contributed by atoms with Crippen LogP contribution in [0.4, 0.5) is 34.1 Å². The van der Waals surface area contributed by atoms with Crippen LogP contribution in [-0.4, -0.2) is 11.3 Å². The van der Waals surface area contributed by atoms with Gasteiger partial charge in [0, 0.05) is 62.9 Å². The minimum absolute atomic E-state index is 0.0189. The van der Waals surface area contributed by atoms with Gasteiger partial charge in [0.05, 0.1) is 33.8 Å². The molecular formula is C52H40BN3S2. The lowest BCUT2D eigenvalue weighted by Crippen LogP contribution is -2.61. The van der Waals surface area contributed by atoms with Crippen LogP contribution in [0.15, 0.2) is 133 Å². The predicted molar refractivity (Wildman–Crippen MR) is 254 cm³/mol. The van der Waals surface area contributed by atoms with E-state index in [1.807, 2.05) is 22.7 Å². The summed E-state index contributed by atoms with van der Waals surface area (Å²) in [6, 6.07) is 51.4. The first kappa shape index (κ1) is 33.2. The van der Waals surface area contributed by atoms with Crippen LogP contribution in [-0.2, 0) is 10.8 Å². The number of hydrogen-bond acceptors (Lipinski definition) is 4. The molecule has 6 heterocycles. The van der Waals surface area contributed by atoms with Crippen molar-refractivity contribution in [2.24, 2.45) is 0 Å². The Labute approximate surface area is 346 Å². The number of rotatable bonds is 1. The molecule has 0 radical (unpaired) electrons. The molecule has 13 rings (SSSR count). The van der Waals surface area contributed by atoms with Gasteiger partial charge in [0.2, 0.25) is 0 Å². The van der Waals surface area contributed by atoms with Crippen LogP contribution in [0.25, 0.3) is 57.8 Å². The molecule has 278 valence electrons. The number of benzene rings is 7. The summed E-state index contributed by atoms with van der Waals surface area (Å²) in [5.74, 6) is 0. The second kappa shape index (κ2) is 11.0. The molecule has 0 fully saturated rings. The molecule has 0 amide bonds. The molecule has 3 aliphatic heterocycles. The largest absolute Gasteiger partial charge is 0.310 e. The van der Waals surface area contributed by atoms with E-state index in [2.05, 4.69) is 189 Å². The van der Waals surface area contributed by atoms with Gasteiger partial charge in [0.15, 0.2) is 0 Å². The van der Waals surface area contributed by atoms with Crippen LogP contribution in [0.1, 0.15) is 52.7 Å². The average molecular weight is 782 g/mol. The molecule has 58 heavy (non-hydrogen) atoms. The summed E-state index contributed by atoms with van der Waals surface area (Å²) in [5.41, 5.74) is 16.9. The van der Waals surface area contributed by atoms with Crippen molar-refractivity contribution >= 4 is 131 Å². The van der Waals surface area contributed by atoms with Gasteiger partial charge in [-0.3, -0.25) is 0 Å². The maximum absolute atomic E-state index is 2.66. The molecular weight excluding hydrogens is 742 g/mol. The highest BCUT2D eigenvalue weighted by atomic mass is 32.1. The van der Waals surface area contributed by atoms with Crippen molar-refractivity contribution in [2.45, 2.75) is 52.4 Å². The van der Waals surface area contributed by atoms with E-state index in [-0.39, 0.29) is 17.5 Å². The van der Waals surface area contributed by atoms with E-state index in [0.29, 0.717) is 0 Å². The highest BCUT2D eigenvalue weighted by molar-refractivity contribution is 7.33. The standard InChI is InChI=1S/C52H40BN3S2/c1-51(2,3)29-21-24-44-36(25-29)48-50(58-44)53-37-16-12-19-40-49(37)56(39-18-11-15-35-32-13-7-9-17-38(32)55(40)47(35)39)42-27-30(52(4,5)6)26-41(46(42)53)54(48)31-22-23-34-33-14-8-10-20-43(33)57-45(34)28-31/h7-28H,1-6H3. The number of para-hydroxylation sites is 3. The maximum Gasteiger partial charge on any atom is 0.264 e. The average Bonchev–Trinajstić information content (AvgIpc) is 3.89. The van der Waals surface area contributed by atoms with Crippen molar-refractivity contribution < 1.29 is 0 Å². The Balaban J connectivity index is 1.19. The van der Waals surface area contributed by atoms with Crippen molar-refractivity contribution in [1.82, 2.24) is 4.57 Å². The van der Waals surface area contributed by atoms with Gasteiger partial charge in [-0.25, -0.2) is 0 Å². The van der Waals surface area contributed by atoms with Gasteiger partial charge in [0.25, 0.3) is 6.71 Å². The van der Waals surface area contributed by atoms with Crippen LogP contribution < -0.4 is 25.5 Å². The Morgan fingerprint density at radius 2 is 1.16 bits per heavy atom. The normalized spacial score (nSPS) is 14.3. The zero-order chi connectivity index (χ0) is 39.0. The third-order valence-corrected chi connectivity index (χ3v) is 15.5. The van der Waals surface area contributed by atoms with Crippen molar-refractivity contribution in [1.29, 1.82) is 0 Å². The lowest BCUT2D eigenvalue weighted by Gasteiger charge is -2.46. The summed E-state index contributed by atoms with van der Waals surface area (Å²) in [7, 11) is 0. The van der Waals surface area contributed by atoms with Crippen molar-refractivity contribution in [3.05, 3.63) is 145 Å². The Morgan fingerprint density at radius 3 is 1.98 bits per heavy atom. The van der Waals surface area contributed by atoms with E-state index < -0.39 is 0 Å². The Hall–Kier alpha value is -5.82. The van der Waals surface area contributed by atoms with Gasteiger partial charge in [0.1, 0.15) is 0 Å². The third kappa shape index (κ3) is 4.19. The minimum atomic E-state index is -0.0883. The summed E-state index contributed by atoms with van der Waals surface area (Å²) in [6.45, 7) is 14.2. The molecule has 6 heteroatoms. The summed E-state index contributed by atoms with van der Waals surface area (Å²) in [5, 5.41) is 6.60. The molecule has 0 unspecified atom stereocenters. The number of aromatic nitrogens is 1. The molecule has 3 aromatic heterocycles. The number of thiophene rings is 2. The molecule has 7 aromatic carbocycles. The molecule has 0 saturated heterocycles. The fourth-order valence-electron chi connectivity index (χ4n) is 10.4. The zero-order valence-electron chi connectivity index (χ0n) is 33.4. The Kier molecular flexibility index (Phi) is 6.30. The number of nitrogens with zero attached hydrogens (tertiary/aromatic N) is 3. The highest BCUT2D eigenvalue weighted by Gasteiger charge is 2.48. The van der Waals surface area contributed by atoms with Gasteiger partial charge in [-0.2, -0.15) is 0 Å². The Bertz CT molecular complexity index is 3460. The maximum atomic E-state index is 2.66. The van der Waals surface area contributed by atoms with Gasteiger partial charge < -0.3 is 14.4 Å². The molecule has 3 aliphatic rings. The second-order valence-corrected chi connectivity index (χ2v) is 20.7. The van der Waals surface area contributed by atoms with Gasteiger partial charge >= 0.3 is 0 Å². The summed E-state index contributed by atoms with van der Waals surface area (Å²) in [4.78, 5) is 5.30. The van der Waals surface area contributed by atoms with Gasteiger partial charge in [-0.05, 0) is 93.5 Å². The fraction of sp³-hybridized carbons (Fsp3) is 0.154. The lowest BCUT2D eigenvalue weighted by molar-refractivity contribution is 0.590. The van der Waals surface area contributed by atoms with E-state index >= 15 is 0 Å².